The first-order valence-corrected chi connectivity index (χ1v) is 6.87. The molecule has 16 heavy (non-hydrogen) atoms. The molecule has 0 radical (unpaired) electrons. The molecule has 1 saturated carbocycles. The van der Waals surface area contributed by atoms with Crippen LogP contribution < -0.4 is 5.32 Å². The van der Waals surface area contributed by atoms with Gasteiger partial charge in [0.2, 0.25) is 5.91 Å². The molecule has 1 N–H and O–H groups in total. The summed E-state index contributed by atoms with van der Waals surface area (Å²) in [6, 6.07) is 0. The van der Waals surface area contributed by atoms with Gasteiger partial charge in [0.05, 0.1) is 6.10 Å². The van der Waals surface area contributed by atoms with Crippen molar-refractivity contribution in [2.24, 2.45) is 5.41 Å². The zero-order valence-electron chi connectivity index (χ0n) is 9.71. The van der Waals surface area contributed by atoms with E-state index >= 15 is 0 Å². The topological polar surface area (TPSA) is 38.3 Å². The highest BCUT2D eigenvalue weighted by molar-refractivity contribution is 7.80. The molecule has 2 aliphatic rings. The van der Waals surface area contributed by atoms with E-state index in [4.69, 9.17) is 4.74 Å². The fourth-order valence-corrected chi connectivity index (χ4v) is 2.59. The highest BCUT2D eigenvalue weighted by atomic mass is 32.1. The molecule has 3 nitrogen and oxygen atoms in total. The third kappa shape index (κ3) is 3.39. The van der Waals surface area contributed by atoms with Crippen LogP contribution in [0.3, 0.4) is 0 Å². The number of hydrogen-bond donors (Lipinski definition) is 2. The minimum absolute atomic E-state index is 0.167. The van der Waals surface area contributed by atoms with Gasteiger partial charge in [-0.25, -0.2) is 0 Å². The second-order valence-corrected chi connectivity index (χ2v) is 5.44. The first-order valence-electron chi connectivity index (χ1n) is 6.23. The summed E-state index contributed by atoms with van der Waals surface area (Å²) in [4.78, 5) is 11.7. The van der Waals surface area contributed by atoms with E-state index in [1.165, 1.54) is 6.42 Å². The summed E-state index contributed by atoms with van der Waals surface area (Å²) in [5.74, 6) is 1.00. The van der Waals surface area contributed by atoms with E-state index in [1.807, 2.05) is 0 Å². The van der Waals surface area contributed by atoms with Crippen molar-refractivity contribution >= 4 is 18.5 Å². The van der Waals surface area contributed by atoms with Crippen molar-refractivity contribution in [3.63, 3.8) is 0 Å². The molecular formula is C12H21NO2S. The van der Waals surface area contributed by atoms with Gasteiger partial charge in [-0.15, -0.1) is 0 Å². The van der Waals surface area contributed by atoms with E-state index in [0.29, 0.717) is 13.0 Å². The van der Waals surface area contributed by atoms with E-state index in [-0.39, 0.29) is 17.4 Å². The molecule has 0 bridgehead atoms. The number of thiol groups is 1. The monoisotopic (exact) mass is 243 g/mol. The highest BCUT2D eigenvalue weighted by Crippen LogP contribution is 2.49. The molecule has 4 heteroatoms. The van der Waals surface area contributed by atoms with Gasteiger partial charge in [0, 0.05) is 19.6 Å². The van der Waals surface area contributed by atoms with Crippen molar-refractivity contribution in [3.05, 3.63) is 0 Å². The largest absolute Gasteiger partial charge is 0.376 e. The molecule has 1 aliphatic carbocycles. The number of ether oxygens (including phenoxy) is 1. The Labute approximate surface area is 103 Å². The Hall–Kier alpha value is -0.220. The second-order valence-electron chi connectivity index (χ2n) is 5.13. The van der Waals surface area contributed by atoms with E-state index < -0.39 is 0 Å². The standard InChI is InChI=1S/C12H21NO2S/c14-11(7-12(9-16)4-5-12)13-8-10-3-1-2-6-15-10/h10,16H,1-9H2,(H,13,14). The molecule has 1 atom stereocenters. The SMILES string of the molecule is O=C(CC1(CS)CC1)NCC1CCCCO1. The smallest absolute Gasteiger partial charge is 0.220 e. The number of amides is 1. The summed E-state index contributed by atoms with van der Waals surface area (Å²) < 4.78 is 5.57. The van der Waals surface area contributed by atoms with Crippen molar-refractivity contribution in [2.45, 2.75) is 44.6 Å². The lowest BCUT2D eigenvalue weighted by Gasteiger charge is -2.23. The average molecular weight is 243 g/mol. The lowest BCUT2D eigenvalue weighted by molar-refractivity contribution is -0.123. The maximum absolute atomic E-state index is 11.7. The summed E-state index contributed by atoms with van der Waals surface area (Å²) in [5, 5.41) is 2.98. The number of hydrogen-bond acceptors (Lipinski definition) is 3. The van der Waals surface area contributed by atoms with Gasteiger partial charge < -0.3 is 10.1 Å². The quantitative estimate of drug-likeness (QED) is 0.722. The number of carbonyl (C=O) groups is 1. The van der Waals surface area contributed by atoms with Gasteiger partial charge in [0.1, 0.15) is 0 Å². The van der Waals surface area contributed by atoms with Crippen molar-refractivity contribution in [3.8, 4) is 0 Å². The summed E-state index contributed by atoms with van der Waals surface area (Å²) in [6.45, 7) is 1.53. The van der Waals surface area contributed by atoms with E-state index in [2.05, 4.69) is 17.9 Å². The van der Waals surface area contributed by atoms with Crippen LogP contribution in [0.2, 0.25) is 0 Å². The highest BCUT2D eigenvalue weighted by Gasteiger charge is 2.42. The minimum Gasteiger partial charge on any atom is -0.376 e. The Morgan fingerprint density at radius 1 is 1.44 bits per heavy atom. The van der Waals surface area contributed by atoms with Crippen molar-refractivity contribution in [2.75, 3.05) is 18.9 Å². The summed E-state index contributed by atoms with van der Waals surface area (Å²) in [6.07, 6.45) is 6.66. The third-order valence-electron chi connectivity index (χ3n) is 3.63. The van der Waals surface area contributed by atoms with Crippen LogP contribution in [0.15, 0.2) is 0 Å². The number of nitrogens with one attached hydrogen (secondary N) is 1. The van der Waals surface area contributed by atoms with Crippen LogP contribution in [-0.4, -0.2) is 30.9 Å². The molecule has 92 valence electrons. The van der Waals surface area contributed by atoms with Gasteiger partial charge in [-0.1, -0.05) is 0 Å². The second kappa shape index (κ2) is 5.41. The number of rotatable bonds is 5. The molecule has 0 aromatic heterocycles. The van der Waals surface area contributed by atoms with Crippen LogP contribution in [-0.2, 0) is 9.53 Å². The molecule has 1 heterocycles. The summed E-state index contributed by atoms with van der Waals surface area (Å²) in [7, 11) is 0. The molecule has 0 spiro atoms. The predicted molar refractivity (Wildman–Crippen MR) is 66.7 cm³/mol. The van der Waals surface area contributed by atoms with Crippen LogP contribution in [0, 0.1) is 5.41 Å². The van der Waals surface area contributed by atoms with Crippen LogP contribution in [0.5, 0.6) is 0 Å². The maximum atomic E-state index is 11.7. The average Bonchev–Trinajstić information content (AvgIpc) is 3.08. The fourth-order valence-electron chi connectivity index (χ4n) is 2.17. The molecule has 0 aromatic rings. The van der Waals surface area contributed by atoms with Gasteiger partial charge in [0.15, 0.2) is 0 Å². The zero-order valence-corrected chi connectivity index (χ0v) is 10.6. The fraction of sp³-hybridized carbons (Fsp3) is 0.917. The molecule has 1 saturated heterocycles. The summed E-state index contributed by atoms with van der Waals surface area (Å²) in [5.41, 5.74) is 0.223. The van der Waals surface area contributed by atoms with E-state index in [0.717, 1.165) is 38.0 Å². The Kier molecular flexibility index (Phi) is 4.14. The molecule has 1 aliphatic heterocycles. The van der Waals surface area contributed by atoms with Gasteiger partial charge in [-0.3, -0.25) is 4.79 Å². The lowest BCUT2D eigenvalue weighted by Crippen LogP contribution is -2.36. The Balaban J connectivity index is 1.63. The first-order chi connectivity index (χ1) is 7.74. The summed E-state index contributed by atoms with van der Waals surface area (Å²) >= 11 is 4.30. The van der Waals surface area contributed by atoms with Crippen molar-refractivity contribution in [1.29, 1.82) is 0 Å². The zero-order chi connectivity index (χ0) is 11.4. The number of carbonyl (C=O) groups excluding carboxylic acids is 1. The van der Waals surface area contributed by atoms with Gasteiger partial charge in [-0.05, 0) is 43.3 Å². The minimum atomic E-state index is 0.167. The normalized spacial score (nSPS) is 27.4. The van der Waals surface area contributed by atoms with Crippen LogP contribution in [0.1, 0.15) is 38.5 Å². The first kappa shape index (κ1) is 12.2. The van der Waals surface area contributed by atoms with Crippen molar-refractivity contribution < 1.29 is 9.53 Å². The lowest BCUT2D eigenvalue weighted by atomic mass is 10.0. The third-order valence-corrected chi connectivity index (χ3v) is 4.30. The van der Waals surface area contributed by atoms with Crippen LogP contribution >= 0.6 is 12.6 Å². The molecular weight excluding hydrogens is 222 g/mol. The van der Waals surface area contributed by atoms with Gasteiger partial charge in [-0.2, -0.15) is 12.6 Å². The maximum Gasteiger partial charge on any atom is 0.220 e. The van der Waals surface area contributed by atoms with Crippen LogP contribution in [0.4, 0.5) is 0 Å². The molecule has 1 amide bonds. The molecule has 2 rings (SSSR count). The van der Waals surface area contributed by atoms with E-state index in [1.54, 1.807) is 0 Å². The molecule has 1 unspecified atom stereocenters. The Morgan fingerprint density at radius 3 is 2.81 bits per heavy atom. The van der Waals surface area contributed by atoms with Gasteiger partial charge >= 0.3 is 0 Å². The van der Waals surface area contributed by atoms with Crippen LogP contribution in [0.25, 0.3) is 0 Å². The predicted octanol–water partition coefficient (Wildman–Crippen LogP) is 1.77. The molecule has 0 aromatic carbocycles. The van der Waals surface area contributed by atoms with E-state index in [9.17, 15) is 4.79 Å². The Bertz CT molecular complexity index is 247. The molecule has 2 fully saturated rings. The Morgan fingerprint density at radius 2 is 2.25 bits per heavy atom. The van der Waals surface area contributed by atoms with Crippen molar-refractivity contribution in [1.82, 2.24) is 5.32 Å². The van der Waals surface area contributed by atoms with Gasteiger partial charge in [0.25, 0.3) is 0 Å².